The third-order valence-corrected chi connectivity index (χ3v) is 2.68. The Bertz CT molecular complexity index is 283. The number of ether oxygens (including phenoxy) is 2. The molecule has 1 N–H and O–H groups in total. The van der Waals surface area contributed by atoms with E-state index in [4.69, 9.17) is 9.47 Å². The molecular formula is C12H17NO2. The van der Waals surface area contributed by atoms with Crippen LogP contribution in [0.4, 0.5) is 0 Å². The van der Waals surface area contributed by atoms with Crippen molar-refractivity contribution in [2.45, 2.75) is 12.2 Å². The Morgan fingerprint density at radius 3 is 2.80 bits per heavy atom. The summed E-state index contributed by atoms with van der Waals surface area (Å²) in [6.45, 7) is 2.55. The van der Waals surface area contributed by atoms with Crippen molar-refractivity contribution in [1.29, 1.82) is 0 Å². The lowest BCUT2D eigenvalue weighted by Gasteiger charge is -2.30. The molecule has 2 rings (SSSR count). The molecule has 2 atom stereocenters. The van der Waals surface area contributed by atoms with E-state index < -0.39 is 0 Å². The fraction of sp³-hybridized carbons (Fsp3) is 0.500. The molecule has 1 aliphatic heterocycles. The number of nitrogens with one attached hydrogen (secondary N) is 1. The van der Waals surface area contributed by atoms with Crippen LogP contribution in [0.5, 0.6) is 0 Å². The van der Waals surface area contributed by atoms with E-state index >= 15 is 0 Å². The first-order chi connectivity index (χ1) is 7.42. The summed E-state index contributed by atoms with van der Waals surface area (Å²) >= 11 is 0. The topological polar surface area (TPSA) is 30.5 Å². The van der Waals surface area contributed by atoms with E-state index in [1.165, 1.54) is 5.56 Å². The third-order valence-electron chi connectivity index (χ3n) is 2.68. The molecule has 0 aliphatic carbocycles. The minimum atomic E-state index is 0.0269. The average molecular weight is 207 g/mol. The number of hydrogen-bond acceptors (Lipinski definition) is 3. The highest BCUT2D eigenvalue weighted by molar-refractivity contribution is 5.19. The van der Waals surface area contributed by atoms with Crippen LogP contribution in [0, 0.1) is 0 Å². The van der Waals surface area contributed by atoms with Gasteiger partial charge in [-0.1, -0.05) is 30.3 Å². The summed E-state index contributed by atoms with van der Waals surface area (Å²) in [5.41, 5.74) is 1.17. The first-order valence-corrected chi connectivity index (χ1v) is 5.32. The van der Waals surface area contributed by atoms with Crippen LogP contribution >= 0.6 is 0 Å². The lowest BCUT2D eigenvalue weighted by atomic mass is 10.0. The Balaban J connectivity index is 2.09. The molecule has 0 radical (unpaired) electrons. The molecule has 1 aromatic carbocycles. The van der Waals surface area contributed by atoms with E-state index in [-0.39, 0.29) is 12.2 Å². The van der Waals surface area contributed by atoms with Gasteiger partial charge in [-0.25, -0.2) is 0 Å². The molecule has 15 heavy (non-hydrogen) atoms. The highest BCUT2D eigenvalue weighted by atomic mass is 16.5. The standard InChI is InChI=1S/C12H17NO2/c1-14-12(10-5-3-2-4-6-10)11-9-13-7-8-15-11/h2-6,11-13H,7-9H2,1H3. The summed E-state index contributed by atoms with van der Waals surface area (Å²) in [5.74, 6) is 0. The molecule has 0 aromatic heterocycles. The van der Waals surface area contributed by atoms with Crippen LogP contribution in [-0.4, -0.2) is 32.9 Å². The maximum absolute atomic E-state index is 5.70. The quantitative estimate of drug-likeness (QED) is 0.812. The van der Waals surface area contributed by atoms with E-state index in [1.54, 1.807) is 7.11 Å². The Morgan fingerprint density at radius 2 is 2.20 bits per heavy atom. The normalized spacial score (nSPS) is 23.7. The summed E-state index contributed by atoms with van der Waals surface area (Å²) in [7, 11) is 1.73. The van der Waals surface area contributed by atoms with Gasteiger partial charge in [0.1, 0.15) is 12.2 Å². The van der Waals surface area contributed by atoms with Crippen LogP contribution in [0.3, 0.4) is 0 Å². The highest BCUT2D eigenvalue weighted by Gasteiger charge is 2.25. The summed E-state index contributed by atoms with van der Waals surface area (Å²) in [6, 6.07) is 10.2. The first kappa shape index (κ1) is 10.6. The summed E-state index contributed by atoms with van der Waals surface area (Å²) in [5, 5.41) is 3.31. The third kappa shape index (κ3) is 2.56. The molecule has 0 spiro atoms. The van der Waals surface area contributed by atoms with Gasteiger partial charge in [0.2, 0.25) is 0 Å². The molecule has 1 aliphatic rings. The first-order valence-electron chi connectivity index (χ1n) is 5.32. The predicted molar refractivity (Wildman–Crippen MR) is 58.8 cm³/mol. The number of methoxy groups -OCH3 is 1. The van der Waals surface area contributed by atoms with Crippen LogP contribution in [0.1, 0.15) is 11.7 Å². The number of rotatable bonds is 3. The van der Waals surface area contributed by atoms with E-state index in [1.807, 2.05) is 18.2 Å². The summed E-state index contributed by atoms with van der Waals surface area (Å²) in [6.07, 6.45) is 0.144. The van der Waals surface area contributed by atoms with Crippen molar-refractivity contribution in [3.05, 3.63) is 35.9 Å². The monoisotopic (exact) mass is 207 g/mol. The van der Waals surface area contributed by atoms with Crippen LogP contribution in [0.15, 0.2) is 30.3 Å². The van der Waals surface area contributed by atoms with Gasteiger partial charge in [0.05, 0.1) is 6.61 Å². The summed E-state index contributed by atoms with van der Waals surface area (Å²) < 4.78 is 11.2. The minimum absolute atomic E-state index is 0.0269. The molecule has 0 bridgehead atoms. The average Bonchev–Trinajstić information content (AvgIpc) is 2.33. The molecule has 1 fully saturated rings. The molecule has 0 amide bonds. The SMILES string of the molecule is COC(c1ccccc1)C1CNCCO1. The van der Waals surface area contributed by atoms with E-state index in [0.717, 1.165) is 19.7 Å². The molecule has 1 aromatic rings. The van der Waals surface area contributed by atoms with Gasteiger partial charge in [0.25, 0.3) is 0 Å². The maximum Gasteiger partial charge on any atom is 0.109 e. The lowest BCUT2D eigenvalue weighted by molar-refractivity contribution is -0.0708. The maximum atomic E-state index is 5.70. The zero-order chi connectivity index (χ0) is 10.5. The van der Waals surface area contributed by atoms with Gasteiger partial charge in [0.15, 0.2) is 0 Å². The Kier molecular flexibility index (Phi) is 3.72. The fourth-order valence-corrected chi connectivity index (χ4v) is 1.93. The number of morpholine rings is 1. The smallest absolute Gasteiger partial charge is 0.109 e. The van der Waals surface area contributed by atoms with Crippen LogP contribution in [-0.2, 0) is 9.47 Å². The van der Waals surface area contributed by atoms with Gasteiger partial charge >= 0.3 is 0 Å². The predicted octanol–water partition coefficient (Wildman–Crippen LogP) is 1.36. The molecular weight excluding hydrogens is 190 g/mol. The highest BCUT2D eigenvalue weighted by Crippen LogP contribution is 2.23. The minimum Gasteiger partial charge on any atom is -0.374 e. The summed E-state index contributed by atoms with van der Waals surface area (Å²) in [4.78, 5) is 0. The van der Waals surface area contributed by atoms with Crippen molar-refractivity contribution in [2.24, 2.45) is 0 Å². The molecule has 0 saturated carbocycles. The van der Waals surface area contributed by atoms with Gasteiger partial charge < -0.3 is 14.8 Å². The second-order valence-electron chi connectivity index (χ2n) is 3.68. The van der Waals surface area contributed by atoms with Gasteiger partial charge in [-0.3, -0.25) is 0 Å². The van der Waals surface area contributed by atoms with Gasteiger partial charge in [-0.05, 0) is 5.56 Å². The molecule has 2 unspecified atom stereocenters. The van der Waals surface area contributed by atoms with Crippen molar-refractivity contribution in [3.63, 3.8) is 0 Å². The molecule has 82 valence electrons. The van der Waals surface area contributed by atoms with Crippen molar-refractivity contribution < 1.29 is 9.47 Å². The van der Waals surface area contributed by atoms with Crippen molar-refractivity contribution in [1.82, 2.24) is 5.32 Å². The zero-order valence-corrected chi connectivity index (χ0v) is 8.98. The van der Waals surface area contributed by atoms with Crippen LogP contribution in [0.25, 0.3) is 0 Å². The fourth-order valence-electron chi connectivity index (χ4n) is 1.93. The van der Waals surface area contributed by atoms with E-state index in [0.29, 0.717) is 0 Å². The van der Waals surface area contributed by atoms with Crippen molar-refractivity contribution in [2.75, 3.05) is 26.8 Å². The van der Waals surface area contributed by atoms with Crippen molar-refractivity contribution in [3.8, 4) is 0 Å². The van der Waals surface area contributed by atoms with E-state index in [9.17, 15) is 0 Å². The Hall–Kier alpha value is -0.900. The van der Waals surface area contributed by atoms with Crippen molar-refractivity contribution >= 4 is 0 Å². The lowest BCUT2D eigenvalue weighted by Crippen LogP contribution is -2.42. The van der Waals surface area contributed by atoms with Gasteiger partial charge in [-0.15, -0.1) is 0 Å². The second kappa shape index (κ2) is 5.26. The number of benzene rings is 1. The molecule has 3 heteroatoms. The molecule has 3 nitrogen and oxygen atoms in total. The van der Waals surface area contributed by atoms with E-state index in [2.05, 4.69) is 17.4 Å². The molecule has 1 heterocycles. The van der Waals surface area contributed by atoms with Crippen LogP contribution in [0.2, 0.25) is 0 Å². The second-order valence-corrected chi connectivity index (χ2v) is 3.68. The molecule has 1 saturated heterocycles. The Labute approximate surface area is 90.4 Å². The Morgan fingerprint density at radius 1 is 1.40 bits per heavy atom. The van der Waals surface area contributed by atoms with Gasteiger partial charge in [-0.2, -0.15) is 0 Å². The zero-order valence-electron chi connectivity index (χ0n) is 8.98. The largest absolute Gasteiger partial charge is 0.374 e. The van der Waals surface area contributed by atoms with Gasteiger partial charge in [0, 0.05) is 20.2 Å². The number of hydrogen-bond donors (Lipinski definition) is 1. The van der Waals surface area contributed by atoms with Crippen LogP contribution < -0.4 is 5.32 Å².